The molecule has 104 valence electrons. The first kappa shape index (κ1) is 14.2. The number of hydrogen-bond acceptors (Lipinski definition) is 5. The number of fused-ring (bicyclic) bond motifs is 1. The van der Waals surface area contributed by atoms with Crippen molar-refractivity contribution in [1.82, 2.24) is 3.96 Å². The first-order chi connectivity index (χ1) is 9.10. The fourth-order valence-electron chi connectivity index (χ4n) is 1.87. The van der Waals surface area contributed by atoms with E-state index in [2.05, 4.69) is 15.9 Å². The van der Waals surface area contributed by atoms with Crippen LogP contribution in [0, 0.1) is 0 Å². The van der Waals surface area contributed by atoms with Crippen LogP contribution in [-0.4, -0.2) is 26.6 Å². The molecule has 2 N–H and O–H groups in total. The predicted molar refractivity (Wildman–Crippen MR) is 79.0 cm³/mol. The monoisotopic (exact) mass is 347 g/mol. The van der Waals surface area contributed by atoms with Crippen LogP contribution in [0.1, 0.15) is 12.8 Å². The van der Waals surface area contributed by atoms with Crippen molar-refractivity contribution in [1.29, 1.82) is 0 Å². The first-order valence-corrected chi connectivity index (χ1v) is 7.68. The number of rotatable bonds is 5. The second kappa shape index (κ2) is 5.83. The summed E-state index contributed by atoms with van der Waals surface area (Å²) in [7, 11) is 1.36. The zero-order valence-corrected chi connectivity index (χ0v) is 12.8. The van der Waals surface area contributed by atoms with Crippen molar-refractivity contribution >= 4 is 37.5 Å². The lowest BCUT2D eigenvalue weighted by Gasteiger charge is -2.04. The van der Waals surface area contributed by atoms with Crippen LogP contribution in [0.25, 0.3) is 10.1 Å². The highest BCUT2D eigenvalue weighted by molar-refractivity contribution is 9.09. The van der Waals surface area contributed by atoms with E-state index in [4.69, 9.17) is 4.74 Å². The van der Waals surface area contributed by atoms with E-state index < -0.39 is 5.75 Å². The Balaban J connectivity index is 2.54. The minimum absolute atomic E-state index is 0.0375. The molecule has 0 fully saturated rings. The Morgan fingerprint density at radius 2 is 2.16 bits per heavy atom. The van der Waals surface area contributed by atoms with E-state index in [1.165, 1.54) is 24.7 Å². The maximum atomic E-state index is 12.3. The van der Waals surface area contributed by atoms with Gasteiger partial charge in [0.15, 0.2) is 11.5 Å². The molecule has 0 saturated heterocycles. The predicted octanol–water partition coefficient (Wildman–Crippen LogP) is 2.66. The zero-order valence-electron chi connectivity index (χ0n) is 10.4. The third kappa shape index (κ3) is 2.57. The van der Waals surface area contributed by atoms with Crippen molar-refractivity contribution in [2.45, 2.75) is 19.4 Å². The molecule has 0 amide bonds. The highest BCUT2D eigenvalue weighted by Gasteiger charge is 2.19. The lowest BCUT2D eigenvalue weighted by atomic mass is 10.2. The van der Waals surface area contributed by atoms with Gasteiger partial charge in [-0.05, 0) is 12.8 Å². The van der Waals surface area contributed by atoms with Gasteiger partial charge in [-0.25, -0.2) is 0 Å². The second-order valence-electron chi connectivity index (χ2n) is 4.05. The number of methoxy groups -OCH3 is 1. The van der Waals surface area contributed by atoms with E-state index in [1.807, 2.05) is 0 Å². The molecule has 0 atom stereocenters. The van der Waals surface area contributed by atoms with Crippen LogP contribution in [0.5, 0.6) is 17.2 Å². The fourth-order valence-corrected chi connectivity index (χ4v) is 3.33. The number of aromatic nitrogens is 1. The Morgan fingerprint density at radius 1 is 1.42 bits per heavy atom. The van der Waals surface area contributed by atoms with E-state index in [9.17, 15) is 15.0 Å². The number of nitrogens with zero attached hydrogens (tertiary/aromatic N) is 1. The molecule has 2 rings (SSSR count). The van der Waals surface area contributed by atoms with Crippen molar-refractivity contribution in [2.24, 2.45) is 0 Å². The Bertz CT molecular complexity index is 649. The van der Waals surface area contributed by atoms with Gasteiger partial charge in [0.25, 0.3) is 5.56 Å². The number of unbranched alkanes of at least 4 members (excludes halogenated alkanes) is 1. The highest BCUT2D eigenvalue weighted by Crippen LogP contribution is 2.41. The van der Waals surface area contributed by atoms with Crippen molar-refractivity contribution in [3.05, 3.63) is 16.4 Å². The van der Waals surface area contributed by atoms with Crippen LogP contribution < -0.4 is 10.3 Å². The molecule has 19 heavy (non-hydrogen) atoms. The maximum absolute atomic E-state index is 12.3. The van der Waals surface area contributed by atoms with Gasteiger partial charge in [-0.15, -0.1) is 0 Å². The normalized spacial score (nSPS) is 11.1. The number of phenols is 2. The van der Waals surface area contributed by atoms with Gasteiger partial charge >= 0.3 is 0 Å². The Labute approximate surface area is 122 Å². The average molecular weight is 348 g/mol. The van der Waals surface area contributed by atoms with Gasteiger partial charge in [-0.1, -0.05) is 27.5 Å². The largest absolute Gasteiger partial charge is 0.504 e. The van der Waals surface area contributed by atoms with Crippen LogP contribution >= 0.6 is 27.5 Å². The smallest absolute Gasteiger partial charge is 0.272 e. The molecule has 7 heteroatoms. The van der Waals surface area contributed by atoms with Crippen molar-refractivity contribution in [2.75, 3.05) is 12.4 Å². The lowest BCUT2D eigenvalue weighted by molar-refractivity contribution is 0.355. The molecular weight excluding hydrogens is 334 g/mol. The summed E-state index contributed by atoms with van der Waals surface area (Å²) in [5, 5.41) is 20.5. The van der Waals surface area contributed by atoms with Crippen LogP contribution in [0.2, 0.25) is 0 Å². The minimum Gasteiger partial charge on any atom is -0.504 e. The number of aromatic hydroxyl groups is 2. The number of phenolic OH excluding ortho intramolecular Hbond substituents is 2. The second-order valence-corrected chi connectivity index (χ2v) is 5.90. The van der Waals surface area contributed by atoms with E-state index in [0.717, 1.165) is 18.2 Å². The molecule has 1 aromatic heterocycles. The molecule has 0 aliphatic heterocycles. The Morgan fingerprint density at radius 3 is 2.79 bits per heavy atom. The van der Waals surface area contributed by atoms with Gasteiger partial charge in [0.1, 0.15) is 5.39 Å². The Kier molecular flexibility index (Phi) is 4.36. The molecule has 0 bridgehead atoms. The highest BCUT2D eigenvalue weighted by atomic mass is 79.9. The molecule has 0 saturated carbocycles. The third-order valence-corrected chi connectivity index (χ3v) is 4.45. The van der Waals surface area contributed by atoms with Crippen molar-refractivity contribution in [3.8, 4) is 17.2 Å². The van der Waals surface area contributed by atoms with E-state index in [0.29, 0.717) is 16.6 Å². The summed E-state index contributed by atoms with van der Waals surface area (Å²) in [6, 6.07) is 1.39. The van der Waals surface area contributed by atoms with Gasteiger partial charge in [0.05, 0.1) is 11.8 Å². The third-order valence-electron chi connectivity index (χ3n) is 2.80. The molecule has 0 radical (unpaired) electrons. The summed E-state index contributed by atoms with van der Waals surface area (Å²) in [5.74, 6) is -0.633. The first-order valence-electron chi connectivity index (χ1n) is 5.78. The number of aryl methyl sites for hydroxylation is 1. The molecule has 0 unspecified atom stereocenters. The molecule has 1 aromatic carbocycles. The fraction of sp³-hybridized carbons (Fsp3) is 0.417. The molecular formula is C12H14BrNO4S. The Hall–Kier alpha value is -1.21. The molecule has 0 aliphatic carbocycles. The molecule has 2 aromatic rings. The van der Waals surface area contributed by atoms with Crippen molar-refractivity contribution in [3.63, 3.8) is 0 Å². The summed E-state index contributed by atoms with van der Waals surface area (Å²) < 4.78 is 7.26. The van der Waals surface area contributed by atoms with E-state index >= 15 is 0 Å². The van der Waals surface area contributed by atoms with Gasteiger partial charge in [-0.3, -0.25) is 8.75 Å². The van der Waals surface area contributed by atoms with Crippen LogP contribution in [0.4, 0.5) is 0 Å². The minimum atomic E-state index is -0.391. The van der Waals surface area contributed by atoms with Gasteiger partial charge < -0.3 is 14.9 Å². The number of alkyl halides is 1. The van der Waals surface area contributed by atoms with E-state index in [1.54, 1.807) is 3.96 Å². The topological polar surface area (TPSA) is 71.7 Å². The van der Waals surface area contributed by atoms with Crippen LogP contribution in [0.15, 0.2) is 10.9 Å². The van der Waals surface area contributed by atoms with Gasteiger partial charge in [0, 0.05) is 17.9 Å². The summed E-state index contributed by atoms with van der Waals surface area (Å²) in [5.41, 5.74) is -0.193. The lowest BCUT2D eigenvalue weighted by Crippen LogP contribution is -2.13. The number of ether oxygens (including phenoxy) is 1. The maximum Gasteiger partial charge on any atom is 0.272 e. The summed E-state index contributed by atoms with van der Waals surface area (Å²) in [4.78, 5) is 12.3. The summed E-state index contributed by atoms with van der Waals surface area (Å²) >= 11 is 4.61. The number of halogens is 1. The zero-order chi connectivity index (χ0) is 14.0. The standard InChI is InChI=1S/C12H14BrNO4S/c1-18-11-9-8(6-7(15)10(11)16)19-14(12(9)17)5-3-2-4-13/h6,15-16H,2-5H2,1H3. The number of hydrogen-bond donors (Lipinski definition) is 2. The molecule has 1 heterocycles. The molecule has 5 nitrogen and oxygen atoms in total. The summed E-state index contributed by atoms with van der Waals surface area (Å²) in [6.07, 6.45) is 1.87. The van der Waals surface area contributed by atoms with Crippen molar-refractivity contribution < 1.29 is 14.9 Å². The SMILES string of the molecule is COc1c(O)c(O)cc2sn(CCCCBr)c(=O)c12. The molecule has 0 spiro atoms. The van der Waals surface area contributed by atoms with Crippen LogP contribution in [-0.2, 0) is 6.54 Å². The average Bonchev–Trinajstić information content (AvgIpc) is 2.69. The van der Waals surface area contributed by atoms with Gasteiger partial charge in [0.2, 0.25) is 5.75 Å². The molecule has 0 aliphatic rings. The van der Waals surface area contributed by atoms with Gasteiger partial charge in [-0.2, -0.15) is 0 Å². The van der Waals surface area contributed by atoms with Crippen LogP contribution in [0.3, 0.4) is 0 Å². The quantitative estimate of drug-likeness (QED) is 0.495. The van der Waals surface area contributed by atoms with E-state index in [-0.39, 0.29) is 17.1 Å². The number of benzene rings is 1. The summed E-state index contributed by atoms with van der Waals surface area (Å²) in [6.45, 7) is 0.620.